The average molecular weight is 173 g/mol. The Morgan fingerprint density at radius 2 is 2.31 bits per heavy atom. The van der Waals surface area contributed by atoms with Crippen molar-refractivity contribution >= 4 is 11.9 Å². The number of aromatic nitrogens is 1. The molecule has 0 spiro atoms. The van der Waals surface area contributed by atoms with Crippen LogP contribution in [0.5, 0.6) is 0 Å². The van der Waals surface area contributed by atoms with E-state index in [-0.39, 0.29) is 0 Å². The summed E-state index contributed by atoms with van der Waals surface area (Å²) in [6.07, 6.45) is 9.38. The molecule has 0 bridgehead atoms. The van der Waals surface area contributed by atoms with Gasteiger partial charge in [-0.05, 0) is 17.7 Å². The van der Waals surface area contributed by atoms with Gasteiger partial charge in [-0.15, -0.1) is 0 Å². The number of anilines is 1. The van der Waals surface area contributed by atoms with Crippen molar-refractivity contribution in [1.82, 2.24) is 4.98 Å². The predicted molar refractivity (Wildman–Crippen MR) is 53.9 cm³/mol. The highest BCUT2D eigenvalue weighted by molar-refractivity contribution is 5.72. The van der Waals surface area contributed by atoms with Crippen molar-refractivity contribution in [2.45, 2.75) is 5.92 Å². The van der Waals surface area contributed by atoms with Crippen LogP contribution in [0.4, 0.5) is 5.69 Å². The molecule has 1 atom stereocenters. The Morgan fingerprint density at radius 1 is 1.38 bits per heavy atom. The number of rotatable bonds is 1. The summed E-state index contributed by atoms with van der Waals surface area (Å²) >= 11 is 0. The molecule has 1 aromatic rings. The summed E-state index contributed by atoms with van der Waals surface area (Å²) in [5.41, 5.74) is 7.48. The Kier molecular flexibility index (Phi) is 2.08. The number of dihydropyridines is 1. The van der Waals surface area contributed by atoms with Gasteiger partial charge in [0, 0.05) is 31.1 Å². The Hall–Kier alpha value is -1.64. The smallest absolute Gasteiger partial charge is 0.0503 e. The van der Waals surface area contributed by atoms with Gasteiger partial charge in [-0.1, -0.05) is 6.08 Å². The molecule has 2 heterocycles. The van der Waals surface area contributed by atoms with Crippen LogP contribution in [-0.2, 0) is 0 Å². The van der Waals surface area contributed by atoms with Crippen LogP contribution in [0.2, 0.25) is 0 Å². The number of allylic oxidation sites excluding steroid dienone is 1. The van der Waals surface area contributed by atoms with Gasteiger partial charge in [0.25, 0.3) is 0 Å². The monoisotopic (exact) mass is 173 g/mol. The van der Waals surface area contributed by atoms with Crippen LogP contribution >= 0.6 is 0 Å². The minimum Gasteiger partial charge on any atom is -0.397 e. The lowest BCUT2D eigenvalue weighted by molar-refractivity contribution is 0.840. The van der Waals surface area contributed by atoms with Gasteiger partial charge in [0.2, 0.25) is 0 Å². The standard InChI is InChI=1S/C10H11N3/c11-10-4-9(6-13-7-10)8-2-1-3-12-5-8/h1-4,6-8H,5,11H2. The van der Waals surface area contributed by atoms with E-state index in [0.29, 0.717) is 11.6 Å². The number of hydrogen-bond donors (Lipinski definition) is 1. The first-order valence-electron chi connectivity index (χ1n) is 4.23. The van der Waals surface area contributed by atoms with Crippen molar-refractivity contribution in [1.29, 1.82) is 0 Å². The molecule has 1 aromatic heterocycles. The first kappa shape index (κ1) is 7.98. The van der Waals surface area contributed by atoms with Crippen molar-refractivity contribution < 1.29 is 0 Å². The number of nitrogens with two attached hydrogens (primary N) is 1. The molecule has 3 heteroatoms. The third kappa shape index (κ3) is 1.75. The maximum absolute atomic E-state index is 5.64. The number of aliphatic imine (C=N–C) groups is 1. The summed E-state index contributed by atoms with van der Waals surface area (Å²) < 4.78 is 0. The predicted octanol–water partition coefficient (Wildman–Crippen LogP) is 1.39. The van der Waals surface area contributed by atoms with Crippen molar-refractivity contribution in [3.8, 4) is 0 Å². The fraction of sp³-hybridized carbons (Fsp3) is 0.200. The summed E-state index contributed by atoms with van der Waals surface area (Å²) in [4.78, 5) is 8.23. The third-order valence-electron chi connectivity index (χ3n) is 2.05. The van der Waals surface area contributed by atoms with Gasteiger partial charge in [0.15, 0.2) is 0 Å². The number of pyridine rings is 1. The van der Waals surface area contributed by atoms with Crippen molar-refractivity contribution in [2.75, 3.05) is 12.3 Å². The van der Waals surface area contributed by atoms with E-state index >= 15 is 0 Å². The van der Waals surface area contributed by atoms with E-state index in [1.807, 2.05) is 24.6 Å². The van der Waals surface area contributed by atoms with Crippen LogP contribution in [-0.4, -0.2) is 17.7 Å². The molecule has 0 aromatic carbocycles. The van der Waals surface area contributed by atoms with Gasteiger partial charge in [0.05, 0.1) is 5.69 Å². The molecular weight excluding hydrogens is 162 g/mol. The van der Waals surface area contributed by atoms with Gasteiger partial charge >= 0.3 is 0 Å². The van der Waals surface area contributed by atoms with Crippen LogP contribution in [0.1, 0.15) is 11.5 Å². The maximum Gasteiger partial charge on any atom is 0.0503 e. The Bertz CT molecular complexity index is 355. The molecule has 2 rings (SSSR count). The normalized spacial score (nSPS) is 20.5. The zero-order valence-corrected chi connectivity index (χ0v) is 7.22. The quantitative estimate of drug-likeness (QED) is 0.697. The van der Waals surface area contributed by atoms with Crippen LogP contribution in [0.3, 0.4) is 0 Å². The van der Waals surface area contributed by atoms with E-state index in [4.69, 9.17) is 5.73 Å². The zero-order valence-electron chi connectivity index (χ0n) is 7.22. The molecule has 1 aliphatic heterocycles. The molecule has 1 aliphatic rings. The van der Waals surface area contributed by atoms with Gasteiger partial charge in [-0.2, -0.15) is 0 Å². The molecule has 0 amide bonds. The van der Waals surface area contributed by atoms with Crippen LogP contribution in [0, 0.1) is 0 Å². The molecule has 66 valence electrons. The van der Waals surface area contributed by atoms with Crippen LogP contribution in [0.15, 0.2) is 35.6 Å². The lowest BCUT2D eigenvalue weighted by Gasteiger charge is -2.12. The molecule has 3 nitrogen and oxygen atoms in total. The zero-order chi connectivity index (χ0) is 9.10. The summed E-state index contributed by atoms with van der Waals surface area (Å²) in [5.74, 6) is 0.334. The van der Waals surface area contributed by atoms with Gasteiger partial charge in [-0.25, -0.2) is 0 Å². The lowest BCUT2D eigenvalue weighted by atomic mass is 9.99. The SMILES string of the molecule is Nc1cncc(C2C=CC=NC2)c1. The van der Waals surface area contributed by atoms with E-state index in [1.165, 1.54) is 0 Å². The largest absolute Gasteiger partial charge is 0.397 e. The van der Waals surface area contributed by atoms with Crippen LogP contribution in [0.25, 0.3) is 0 Å². The minimum atomic E-state index is 0.334. The number of nitrogen functional groups attached to an aromatic ring is 1. The lowest BCUT2D eigenvalue weighted by Crippen LogP contribution is -2.04. The molecule has 1 unspecified atom stereocenters. The summed E-state index contributed by atoms with van der Waals surface area (Å²) in [7, 11) is 0. The summed E-state index contributed by atoms with van der Waals surface area (Å²) in [5, 5.41) is 0. The molecule has 2 N–H and O–H groups in total. The van der Waals surface area contributed by atoms with Gasteiger partial charge in [-0.3, -0.25) is 9.98 Å². The van der Waals surface area contributed by atoms with Crippen molar-refractivity contribution in [3.63, 3.8) is 0 Å². The van der Waals surface area contributed by atoms with E-state index in [1.54, 1.807) is 6.20 Å². The summed E-state index contributed by atoms with van der Waals surface area (Å²) in [6, 6.07) is 1.95. The molecule has 0 aliphatic carbocycles. The second kappa shape index (κ2) is 3.39. The topological polar surface area (TPSA) is 51.3 Å². The van der Waals surface area contributed by atoms with Crippen LogP contribution < -0.4 is 5.73 Å². The van der Waals surface area contributed by atoms with Gasteiger partial charge in [0.1, 0.15) is 0 Å². The van der Waals surface area contributed by atoms with E-state index in [9.17, 15) is 0 Å². The molecule has 0 saturated carbocycles. The third-order valence-corrected chi connectivity index (χ3v) is 2.05. The fourth-order valence-corrected chi connectivity index (χ4v) is 1.38. The van der Waals surface area contributed by atoms with E-state index < -0.39 is 0 Å². The number of hydrogen-bond acceptors (Lipinski definition) is 3. The fourth-order valence-electron chi connectivity index (χ4n) is 1.38. The first-order chi connectivity index (χ1) is 6.36. The first-order valence-corrected chi connectivity index (χ1v) is 4.23. The Morgan fingerprint density at radius 3 is 3.00 bits per heavy atom. The second-order valence-electron chi connectivity index (χ2n) is 3.06. The highest BCUT2D eigenvalue weighted by atomic mass is 14.7. The highest BCUT2D eigenvalue weighted by Gasteiger charge is 2.09. The second-order valence-corrected chi connectivity index (χ2v) is 3.06. The van der Waals surface area contributed by atoms with Gasteiger partial charge < -0.3 is 5.73 Å². The molecule has 13 heavy (non-hydrogen) atoms. The van der Waals surface area contributed by atoms with E-state index in [0.717, 1.165) is 12.1 Å². The van der Waals surface area contributed by atoms with Crippen molar-refractivity contribution in [2.24, 2.45) is 4.99 Å². The Labute approximate surface area is 77.0 Å². The maximum atomic E-state index is 5.64. The summed E-state index contributed by atoms with van der Waals surface area (Å²) in [6.45, 7) is 0.793. The molecule has 0 radical (unpaired) electrons. The molecular formula is C10H11N3. The minimum absolute atomic E-state index is 0.334. The highest BCUT2D eigenvalue weighted by Crippen LogP contribution is 2.20. The van der Waals surface area contributed by atoms with E-state index in [2.05, 4.69) is 16.1 Å². The average Bonchev–Trinajstić information content (AvgIpc) is 2.19. The Balaban J connectivity index is 2.25. The number of nitrogens with zero attached hydrogens (tertiary/aromatic N) is 2. The van der Waals surface area contributed by atoms with Crippen molar-refractivity contribution in [3.05, 3.63) is 36.2 Å². The molecule has 0 fully saturated rings. The molecule has 0 saturated heterocycles.